The third-order valence-corrected chi connectivity index (χ3v) is 4.45. The van der Waals surface area contributed by atoms with Crippen LogP contribution in [0.2, 0.25) is 10.0 Å². The minimum Gasteiger partial charge on any atom is -0.461 e. The Morgan fingerprint density at radius 1 is 1.12 bits per heavy atom. The van der Waals surface area contributed by atoms with Gasteiger partial charge in [-0.05, 0) is 37.3 Å². The standard InChI is InChI=1S/C18H12Cl2N2O4/c1-10-12(9-17(26-10)11-6-7-13(19)14(20)8-11)18(23)21-15-4-2-3-5-16(15)22(24)25/h2-9H,1H3,(H,21,23). The number of benzene rings is 2. The number of amides is 1. The minimum absolute atomic E-state index is 0.110. The first-order chi connectivity index (χ1) is 12.4. The first-order valence-corrected chi connectivity index (χ1v) is 8.23. The lowest BCUT2D eigenvalue weighted by Crippen LogP contribution is -2.13. The Balaban J connectivity index is 1.91. The van der Waals surface area contributed by atoms with E-state index < -0.39 is 10.8 Å². The molecular weight excluding hydrogens is 379 g/mol. The second-order valence-electron chi connectivity index (χ2n) is 5.44. The number of para-hydroxylation sites is 2. The van der Waals surface area contributed by atoms with Gasteiger partial charge in [-0.15, -0.1) is 0 Å². The summed E-state index contributed by atoms with van der Waals surface area (Å²) in [7, 11) is 0. The average Bonchev–Trinajstić information content (AvgIpc) is 2.99. The highest BCUT2D eigenvalue weighted by Gasteiger charge is 2.20. The number of hydrogen-bond acceptors (Lipinski definition) is 4. The number of carbonyl (C=O) groups is 1. The maximum Gasteiger partial charge on any atom is 0.292 e. The van der Waals surface area contributed by atoms with Crippen LogP contribution in [-0.4, -0.2) is 10.8 Å². The number of nitrogens with one attached hydrogen (secondary N) is 1. The third-order valence-electron chi connectivity index (χ3n) is 3.72. The van der Waals surface area contributed by atoms with Crippen molar-refractivity contribution in [1.82, 2.24) is 0 Å². The molecule has 0 aliphatic heterocycles. The van der Waals surface area contributed by atoms with Crippen LogP contribution in [-0.2, 0) is 0 Å². The minimum atomic E-state index is -0.557. The van der Waals surface area contributed by atoms with Crippen molar-refractivity contribution in [3.63, 3.8) is 0 Å². The van der Waals surface area contributed by atoms with Gasteiger partial charge in [0, 0.05) is 11.6 Å². The summed E-state index contributed by atoms with van der Waals surface area (Å²) >= 11 is 11.9. The first-order valence-electron chi connectivity index (χ1n) is 7.47. The number of carbonyl (C=O) groups excluding carboxylic acids is 1. The van der Waals surface area contributed by atoms with Gasteiger partial charge in [0.25, 0.3) is 11.6 Å². The quantitative estimate of drug-likeness (QED) is 0.455. The number of aryl methyl sites for hydroxylation is 1. The molecule has 0 radical (unpaired) electrons. The van der Waals surface area contributed by atoms with Crippen molar-refractivity contribution in [1.29, 1.82) is 0 Å². The van der Waals surface area contributed by atoms with Gasteiger partial charge >= 0.3 is 0 Å². The zero-order chi connectivity index (χ0) is 18.8. The molecule has 2 aromatic carbocycles. The zero-order valence-electron chi connectivity index (χ0n) is 13.5. The van der Waals surface area contributed by atoms with Gasteiger partial charge in [0.15, 0.2) is 0 Å². The molecule has 0 bridgehead atoms. The normalized spacial score (nSPS) is 10.6. The van der Waals surface area contributed by atoms with Crippen LogP contribution in [0.15, 0.2) is 52.9 Å². The van der Waals surface area contributed by atoms with Crippen molar-refractivity contribution in [2.45, 2.75) is 6.92 Å². The van der Waals surface area contributed by atoms with Gasteiger partial charge in [-0.3, -0.25) is 14.9 Å². The number of hydrogen-bond donors (Lipinski definition) is 1. The Bertz CT molecular complexity index is 1010. The van der Waals surface area contributed by atoms with Crippen LogP contribution in [0.25, 0.3) is 11.3 Å². The molecule has 0 atom stereocenters. The summed E-state index contributed by atoms with van der Waals surface area (Å²) in [5, 5.41) is 14.4. The predicted octanol–water partition coefficient (Wildman–Crippen LogP) is 5.72. The molecule has 1 amide bonds. The Morgan fingerprint density at radius 3 is 2.54 bits per heavy atom. The molecule has 1 N–H and O–H groups in total. The molecule has 0 saturated heterocycles. The van der Waals surface area contributed by atoms with E-state index >= 15 is 0 Å². The Morgan fingerprint density at radius 2 is 1.85 bits per heavy atom. The maximum absolute atomic E-state index is 12.5. The van der Waals surface area contributed by atoms with Crippen LogP contribution >= 0.6 is 23.2 Å². The Labute approximate surface area is 158 Å². The molecule has 26 heavy (non-hydrogen) atoms. The van der Waals surface area contributed by atoms with Crippen LogP contribution in [0.3, 0.4) is 0 Å². The summed E-state index contributed by atoms with van der Waals surface area (Å²) in [6.45, 7) is 1.63. The van der Waals surface area contributed by atoms with E-state index in [0.717, 1.165) is 0 Å². The molecular formula is C18H12Cl2N2O4. The second-order valence-corrected chi connectivity index (χ2v) is 6.25. The topological polar surface area (TPSA) is 85.4 Å². The van der Waals surface area contributed by atoms with Crippen molar-refractivity contribution >= 4 is 40.5 Å². The van der Waals surface area contributed by atoms with E-state index in [9.17, 15) is 14.9 Å². The summed E-state index contributed by atoms with van der Waals surface area (Å²) in [5.41, 5.74) is 0.849. The van der Waals surface area contributed by atoms with E-state index in [1.54, 1.807) is 37.3 Å². The number of rotatable bonds is 4. The molecule has 0 saturated carbocycles. The smallest absolute Gasteiger partial charge is 0.292 e. The lowest BCUT2D eigenvalue weighted by Gasteiger charge is -2.04. The van der Waals surface area contributed by atoms with Crippen LogP contribution in [0, 0.1) is 17.0 Å². The third kappa shape index (κ3) is 3.56. The van der Waals surface area contributed by atoms with Crippen LogP contribution in [0.1, 0.15) is 16.1 Å². The monoisotopic (exact) mass is 390 g/mol. The van der Waals surface area contributed by atoms with E-state index in [1.165, 1.54) is 18.2 Å². The summed E-state index contributed by atoms with van der Waals surface area (Å²) in [5.74, 6) is 0.308. The van der Waals surface area contributed by atoms with Gasteiger partial charge in [0.2, 0.25) is 0 Å². The van der Waals surface area contributed by atoms with Crippen molar-refractivity contribution in [2.75, 3.05) is 5.32 Å². The van der Waals surface area contributed by atoms with E-state index in [4.69, 9.17) is 27.6 Å². The summed E-state index contributed by atoms with van der Waals surface area (Å²) in [6, 6.07) is 12.4. The highest BCUT2D eigenvalue weighted by molar-refractivity contribution is 6.42. The van der Waals surface area contributed by atoms with E-state index in [1.807, 2.05) is 0 Å². The molecule has 6 nitrogen and oxygen atoms in total. The highest BCUT2D eigenvalue weighted by atomic mass is 35.5. The van der Waals surface area contributed by atoms with Gasteiger partial charge in [-0.25, -0.2) is 0 Å². The molecule has 0 fully saturated rings. The fraction of sp³-hybridized carbons (Fsp3) is 0.0556. The van der Waals surface area contributed by atoms with E-state index in [-0.39, 0.29) is 16.9 Å². The fourth-order valence-electron chi connectivity index (χ4n) is 2.43. The molecule has 132 valence electrons. The molecule has 0 spiro atoms. The lowest BCUT2D eigenvalue weighted by molar-refractivity contribution is -0.383. The van der Waals surface area contributed by atoms with Crippen LogP contribution < -0.4 is 5.32 Å². The Hall–Kier alpha value is -2.83. The molecule has 0 unspecified atom stereocenters. The van der Waals surface area contributed by atoms with Gasteiger partial charge in [0.1, 0.15) is 17.2 Å². The molecule has 0 aliphatic carbocycles. The number of furan rings is 1. The SMILES string of the molecule is Cc1oc(-c2ccc(Cl)c(Cl)c2)cc1C(=O)Nc1ccccc1[N+](=O)[O-]. The van der Waals surface area contributed by atoms with Gasteiger partial charge in [-0.2, -0.15) is 0 Å². The largest absolute Gasteiger partial charge is 0.461 e. The Kier molecular flexibility index (Phi) is 4.97. The molecule has 3 rings (SSSR count). The number of halogens is 2. The van der Waals surface area contributed by atoms with Gasteiger partial charge in [0.05, 0.1) is 20.5 Å². The zero-order valence-corrected chi connectivity index (χ0v) is 15.0. The summed E-state index contributed by atoms with van der Waals surface area (Å²) in [4.78, 5) is 23.0. The van der Waals surface area contributed by atoms with E-state index in [0.29, 0.717) is 27.1 Å². The molecule has 0 aliphatic rings. The van der Waals surface area contributed by atoms with Crippen molar-refractivity contribution < 1.29 is 14.1 Å². The molecule has 1 heterocycles. The number of anilines is 1. The van der Waals surface area contributed by atoms with Crippen LogP contribution in [0.4, 0.5) is 11.4 Å². The fourth-order valence-corrected chi connectivity index (χ4v) is 2.73. The number of nitro groups is 1. The van der Waals surface area contributed by atoms with Crippen molar-refractivity contribution in [2.24, 2.45) is 0 Å². The first kappa shape index (κ1) is 18.0. The summed E-state index contributed by atoms with van der Waals surface area (Å²) in [6.07, 6.45) is 0. The van der Waals surface area contributed by atoms with Crippen molar-refractivity contribution in [3.8, 4) is 11.3 Å². The van der Waals surface area contributed by atoms with Crippen LogP contribution in [0.5, 0.6) is 0 Å². The van der Waals surface area contributed by atoms with Crippen molar-refractivity contribution in [3.05, 3.63) is 80.0 Å². The molecule has 1 aromatic heterocycles. The predicted molar refractivity (Wildman–Crippen MR) is 100.0 cm³/mol. The summed E-state index contributed by atoms with van der Waals surface area (Å²) < 4.78 is 5.64. The van der Waals surface area contributed by atoms with E-state index in [2.05, 4.69) is 5.32 Å². The highest BCUT2D eigenvalue weighted by Crippen LogP contribution is 2.31. The second kappa shape index (κ2) is 7.19. The van der Waals surface area contributed by atoms with Gasteiger partial charge in [-0.1, -0.05) is 35.3 Å². The maximum atomic E-state index is 12.5. The van der Waals surface area contributed by atoms with Gasteiger partial charge < -0.3 is 9.73 Å². The number of nitro benzene ring substituents is 1. The number of nitrogens with zero attached hydrogens (tertiary/aromatic N) is 1. The average molecular weight is 391 g/mol. The lowest BCUT2D eigenvalue weighted by atomic mass is 10.1. The molecule has 8 heteroatoms. The molecule has 3 aromatic rings.